The Bertz CT molecular complexity index is 1080. The van der Waals surface area contributed by atoms with Crippen LogP contribution < -0.4 is 10.1 Å². The summed E-state index contributed by atoms with van der Waals surface area (Å²) in [6, 6.07) is 14.2. The van der Waals surface area contributed by atoms with Crippen molar-refractivity contribution in [3.63, 3.8) is 0 Å². The van der Waals surface area contributed by atoms with Gasteiger partial charge in [-0.25, -0.2) is 9.98 Å². The van der Waals surface area contributed by atoms with Gasteiger partial charge in [0, 0.05) is 64.9 Å². The lowest BCUT2D eigenvalue weighted by molar-refractivity contribution is 0.171. The zero-order valence-corrected chi connectivity index (χ0v) is 22.9. The third-order valence-electron chi connectivity index (χ3n) is 5.21. The van der Waals surface area contributed by atoms with Gasteiger partial charge in [-0.2, -0.15) is 0 Å². The molecule has 0 fully saturated rings. The van der Waals surface area contributed by atoms with Crippen LogP contribution in [-0.2, 0) is 11.3 Å². The molecule has 2 N–H and O–H groups in total. The highest BCUT2D eigenvalue weighted by Crippen LogP contribution is 2.25. The summed E-state index contributed by atoms with van der Waals surface area (Å²) in [5.74, 6) is 1.35. The number of ether oxygens (including phenoxy) is 2. The third-order valence-corrected chi connectivity index (χ3v) is 5.21. The minimum Gasteiger partial charge on any atom is -0.493 e. The Morgan fingerprint density at radius 3 is 2.70 bits per heavy atom. The fourth-order valence-electron chi connectivity index (χ4n) is 3.41. The molecule has 0 heterocycles. The number of aliphatic hydroxyl groups is 1. The zero-order chi connectivity index (χ0) is 26.9. The Hall–Kier alpha value is -3.26. The van der Waals surface area contributed by atoms with Crippen LogP contribution in [0.15, 0.2) is 76.4 Å². The van der Waals surface area contributed by atoms with Crippen LogP contribution in [0.5, 0.6) is 5.75 Å². The summed E-state index contributed by atoms with van der Waals surface area (Å²) in [4.78, 5) is 11.4. The number of nitrogens with zero attached hydrogens (tertiary/aromatic N) is 3. The zero-order valence-electron chi connectivity index (χ0n) is 22.9. The smallest absolute Gasteiger partial charge is 0.227 e. The number of nitrogens with one attached hydrogen (secondary N) is 1. The lowest BCUT2D eigenvalue weighted by atomic mass is 10.1. The first kappa shape index (κ1) is 30.0. The number of hydrogen-bond acceptors (Lipinski definition) is 5. The summed E-state index contributed by atoms with van der Waals surface area (Å²) < 4.78 is 11.2. The predicted octanol–water partition coefficient (Wildman–Crippen LogP) is 5.84. The summed E-state index contributed by atoms with van der Waals surface area (Å²) in [5.41, 5.74) is 5.22. The topological polar surface area (TPSA) is 78.7 Å². The van der Waals surface area contributed by atoms with Gasteiger partial charge in [-0.1, -0.05) is 47.6 Å². The third kappa shape index (κ3) is 12.5. The van der Waals surface area contributed by atoms with Crippen LogP contribution in [0.1, 0.15) is 44.8 Å². The number of rotatable bonds is 14. The molecule has 0 saturated carbocycles. The minimum atomic E-state index is 0. The van der Waals surface area contributed by atoms with E-state index in [1.54, 1.807) is 13.3 Å². The second-order valence-electron chi connectivity index (χ2n) is 9.15. The van der Waals surface area contributed by atoms with E-state index in [9.17, 15) is 0 Å². The highest BCUT2D eigenvalue weighted by atomic mass is 16.5. The van der Waals surface area contributed by atoms with Gasteiger partial charge in [0.15, 0.2) is 0 Å². The van der Waals surface area contributed by atoms with E-state index in [-0.39, 0.29) is 8.03 Å². The molecule has 0 amide bonds. The molecule has 7 nitrogen and oxygen atoms in total. The Morgan fingerprint density at radius 2 is 1.97 bits per heavy atom. The first-order valence-electron chi connectivity index (χ1n) is 12.7. The van der Waals surface area contributed by atoms with E-state index < -0.39 is 0 Å². The molecule has 0 aliphatic carbocycles. The predicted molar refractivity (Wildman–Crippen MR) is 157 cm³/mol. The van der Waals surface area contributed by atoms with Crippen LogP contribution in [0.25, 0.3) is 0 Å². The number of benzene rings is 2. The normalized spacial score (nSPS) is 12.0. The van der Waals surface area contributed by atoms with Gasteiger partial charge in [-0.05, 0) is 58.0 Å². The van der Waals surface area contributed by atoms with Crippen molar-refractivity contribution in [2.45, 2.75) is 40.2 Å². The molecule has 202 valence electrons. The largest absolute Gasteiger partial charge is 0.493 e. The second kappa shape index (κ2) is 17.2. The van der Waals surface area contributed by atoms with Crippen molar-refractivity contribution in [2.24, 2.45) is 9.98 Å². The monoisotopic (exact) mass is 508 g/mol. The number of aliphatic imine (C=N–C) groups is 2. The summed E-state index contributed by atoms with van der Waals surface area (Å²) in [5, 5.41) is 12.4. The van der Waals surface area contributed by atoms with Crippen molar-refractivity contribution in [3.8, 4) is 5.75 Å². The summed E-state index contributed by atoms with van der Waals surface area (Å²) in [6.45, 7) is 8.95. The average Bonchev–Trinajstić information content (AvgIpc) is 2.87. The number of aryl methyl sites for hydroxylation is 1. The van der Waals surface area contributed by atoms with Gasteiger partial charge in [-0.3, -0.25) is 4.90 Å². The number of likely N-dealkylation sites (N-methyl/N-ethyl adjacent to an activating group) is 1. The molecule has 37 heavy (non-hydrogen) atoms. The van der Waals surface area contributed by atoms with Crippen LogP contribution in [0.2, 0.25) is 0 Å². The molecule has 2 aromatic rings. The quantitative estimate of drug-likeness (QED) is 0.145. The highest BCUT2D eigenvalue weighted by Gasteiger charge is 2.10. The molecule has 0 spiro atoms. The van der Waals surface area contributed by atoms with E-state index >= 15 is 0 Å². The maximum absolute atomic E-state index is 8.99. The van der Waals surface area contributed by atoms with Crippen LogP contribution >= 0.6 is 0 Å². The number of anilines is 1. The molecule has 0 aliphatic heterocycles. The van der Waals surface area contributed by atoms with Crippen molar-refractivity contribution in [1.29, 1.82) is 0 Å². The number of aliphatic hydroxyl groups excluding tert-OH is 1. The fraction of sp³-hybridized carbons (Fsp3) is 0.400. The van der Waals surface area contributed by atoms with Crippen molar-refractivity contribution in [2.75, 3.05) is 45.8 Å². The summed E-state index contributed by atoms with van der Waals surface area (Å²) in [7, 11) is 3.76. The molecule has 2 aromatic carbocycles. The van der Waals surface area contributed by atoms with Crippen LogP contribution in [0.4, 0.5) is 5.69 Å². The van der Waals surface area contributed by atoms with Gasteiger partial charge in [0.1, 0.15) is 5.75 Å². The minimum absolute atomic E-state index is 0. The van der Waals surface area contributed by atoms with E-state index in [0.29, 0.717) is 32.1 Å². The van der Waals surface area contributed by atoms with Crippen LogP contribution in [0.3, 0.4) is 0 Å². The summed E-state index contributed by atoms with van der Waals surface area (Å²) >= 11 is 0. The molecule has 0 aromatic heterocycles. The molecular weight excluding hydrogens is 464 g/mol. The van der Waals surface area contributed by atoms with E-state index in [1.807, 2.05) is 50.4 Å². The van der Waals surface area contributed by atoms with Gasteiger partial charge < -0.3 is 19.9 Å². The molecule has 2 rings (SSSR count). The SMILES string of the molecule is COCCCOc1ccc(NC(=NC=C(C)C)/N=C/c2cccc(C)c2)cc1CN(C)C/C=C/CCO.[HH]. The molecule has 0 saturated heterocycles. The maximum atomic E-state index is 8.99. The molecular formula is C30H44N4O3. The molecule has 0 aliphatic rings. The number of allylic oxidation sites excluding steroid dienone is 1. The van der Waals surface area contributed by atoms with E-state index in [0.717, 1.165) is 41.1 Å². The second-order valence-corrected chi connectivity index (χ2v) is 9.15. The Labute approximate surface area is 223 Å². The average molecular weight is 509 g/mol. The molecule has 0 unspecified atom stereocenters. The van der Waals surface area contributed by atoms with E-state index in [1.165, 1.54) is 5.56 Å². The van der Waals surface area contributed by atoms with Gasteiger partial charge >= 0.3 is 0 Å². The van der Waals surface area contributed by atoms with Gasteiger partial charge in [-0.15, -0.1) is 0 Å². The number of methoxy groups -OCH3 is 1. The Morgan fingerprint density at radius 1 is 1.14 bits per heavy atom. The fourth-order valence-corrected chi connectivity index (χ4v) is 3.41. The van der Waals surface area contributed by atoms with Crippen molar-refractivity contribution < 1.29 is 16.0 Å². The first-order chi connectivity index (χ1) is 17.9. The van der Waals surface area contributed by atoms with Gasteiger partial charge in [0.25, 0.3) is 0 Å². The molecule has 0 atom stereocenters. The Balaban J connectivity index is 0.00000722. The van der Waals surface area contributed by atoms with Crippen molar-refractivity contribution in [3.05, 3.63) is 83.1 Å². The van der Waals surface area contributed by atoms with Crippen molar-refractivity contribution >= 4 is 17.9 Å². The van der Waals surface area contributed by atoms with Crippen LogP contribution in [0, 0.1) is 6.92 Å². The highest BCUT2D eigenvalue weighted by molar-refractivity contribution is 6.01. The molecule has 0 bridgehead atoms. The van der Waals surface area contributed by atoms with Gasteiger partial charge in [0.2, 0.25) is 5.96 Å². The van der Waals surface area contributed by atoms with Gasteiger partial charge in [0.05, 0.1) is 6.61 Å². The number of hydrogen-bond donors (Lipinski definition) is 2. The maximum Gasteiger partial charge on any atom is 0.227 e. The lowest BCUT2D eigenvalue weighted by Crippen LogP contribution is -2.19. The van der Waals surface area contributed by atoms with Crippen LogP contribution in [-0.4, -0.2) is 62.7 Å². The lowest BCUT2D eigenvalue weighted by Gasteiger charge is -2.19. The standard InChI is InChI=1S/C30H42N4O3.H2/c1-24(2)21-31-30(32-22-26-12-9-11-25(3)19-26)33-28-13-14-29(37-18-10-17-36-5)27(20-28)23-34(4)15-7-6-8-16-35;/h6-7,9,11-14,19-22,35H,8,10,15-18,23H2,1-5H3,(H,31,33);1H/b7-6+,32-22+;. The molecule has 7 heteroatoms. The summed E-state index contributed by atoms with van der Waals surface area (Å²) in [6.07, 6.45) is 9.17. The first-order valence-corrected chi connectivity index (χ1v) is 12.7. The van der Waals surface area contributed by atoms with E-state index in [4.69, 9.17) is 14.6 Å². The van der Waals surface area contributed by atoms with Crippen molar-refractivity contribution in [1.82, 2.24) is 4.90 Å². The van der Waals surface area contributed by atoms with E-state index in [2.05, 4.69) is 58.4 Å². The number of guanidine groups is 1. The Kier molecular flexibility index (Phi) is 14.0. The molecule has 0 radical (unpaired) electrons.